The number of rotatable bonds is 11. The molecule has 2 amide bonds. The van der Waals surface area contributed by atoms with Gasteiger partial charge >= 0.3 is 0 Å². The number of fused-ring (bicyclic) bond motifs is 1. The number of amides is 2. The highest BCUT2D eigenvalue weighted by Gasteiger charge is 2.41. The molecule has 1 saturated carbocycles. The van der Waals surface area contributed by atoms with E-state index in [0.717, 1.165) is 81.0 Å². The average molecular weight is 811 g/mol. The zero-order valence-electron chi connectivity index (χ0n) is 34.4. The highest BCUT2D eigenvalue weighted by Crippen LogP contribution is 2.40. The number of piperazine rings is 1. The molecular weight excluding hydrogens is 761 g/mol. The summed E-state index contributed by atoms with van der Waals surface area (Å²) in [5, 5.41) is 39.0. The Balaban J connectivity index is 0.867. The molecule has 3 fully saturated rings. The van der Waals surface area contributed by atoms with Crippen molar-refractivity contribution in [2.45, 2.75) is 89.1 Å². The molecule has 3 atom stereocenters. The number of carbonyl (C=O) groups is 2. The second-order valence-electron chi connectivity index (χ2n) is 16.6. The van der Waals surface area contributed by atoms with E-state index < -0.39 is 11.5 Å². The van der Waals surface area contributed by atoms with Gasteiger partial charge in [0.25, 0.3) is 0 Å². The predicted octanol–water partition coefficient (Wildman–Crippen LogP) is 4.75. The van der Waals surface area contributed by atoms with Crippen molar-refractivity contribution in [2.75, 3.05) is 49.2 Å². The number of hydrogen-bond donors (Lipinski definition) is 3. The molecule has 1 aromatic carbocycles. The van der Waals surface area contributed by atoms with Gasteiger partial charge in [-0.25, -0.2) is 14.6 Å². The van der Waals surface area contributed by atoms with Gasteiger partial charge in [-0.3, -0.25) is 19.8 Å². The fourth-order valence-electron chi connectivity index (χ4n) is 8.97. The molecule has 0 unspecified atom stereocenters. The predicted molar refractivity (Wildman–Crippen MR) is 225 cm³/mol. The third-order valence-electron chi connectivity index (χ3n) is 12.7. The molecule has 0 bridgehead atoms. The number of imide groups is 1. The zero-order chi connectivity index (χ0) is 42.1. The van der Waals surface area contributed by atoms with Crippen molar-refractivity contribution in [3.63, 3.8) is 0 Å². The van der Waals surface area contributed by atoms with Gasteiger partial charge in [-0.15, -0.1) is 5.10 Å². The molecule has 0 radical (unpaired) electrons. The van der Waals surface area contributed by atoms with Crippen molar-refractivity contribution in [1.29, 1.82) is 10.5 Å². The average Bonchev–Trinajstić information content (AvgIpc) is 3.92. The third kappa shape index (κ3) is 7.80. The van der Waals surface area contributed by atoms with Gasteiger partial charge < -0.3 is 20.7 Å². The van der Waals surface area contributed by atoms with Crippen molar-refractivity contribution < 1.29 is 14.3 Å². The lowest BCUT2D eigenvalue weighted by Gasteiger charge is -2.42. The number of carbonyl (C=O) groups excluding carboxylic acids is 2. The number of nitrogen functional groups attached to an aromatic ring is 1. The van der Waals surface area contributed by atoms with Crippen LogP contribution in [0.3, 0.4) is 0 Å². The number of nitrogens with two attached hydrogens (primary N) is 1. The van der Waals surface area contributed by atoms with Crippen molar-refractivity contribution in [2.24, 2.45) is 5.92 Å². The number of aromatic nitrogens is 7. The molecule has 2 saturated heterocycles. The lowest BCUT2D eigenvalue weighted by atomic mass is 9.75. The van der Waals surface area contributed by atoms with E-state index in [1.165, 1.54) is 0 Å². The van der Waals surface area contributed by atoms with Gasteiger partial charge in [0, 0.05) is 49.5 Å². The van der Waals surface area contributed by atoms with Crippen LogP contribution in [0.15, 0.2) is 48.9 Å². The van der Waals surface area contributed by atoms with E-state index in [9.17, 15) is 20.1 Å². The van der Waals surface area contributed by atoms with E-state index in [0.29, 0.717) is 52.9 Å². The fourth-order valence-corrected chi connectivity index (χ4v) is 8.97. The van der Waals surface area contributed by atoms with Gasteiger partial charge in [-0.2, -0.15) is 20.3 Å². The quantitative estimate of drug-likeness (QED) is 0.153. The van der Waals surface area contributed by atoms with Crippen LogP contribution in [0.2, 0.25) is 0 Å². The maximum absolute atomic E-state index is 12.8. The maximum Gasteiger partial charge on any atom is 0.236 e. The van der Waals surface area contributed by atoms with E-state index in [4.69, 9.17) is 10.5 Å². The first kappa shape index (κ1) is 40.2. The van der Waals surface area contributed by atoms with E-state index >= 15 is 0 Å². The summed E-state index contributed by atoms with van der Waals surface area (Å²) >= 11 is 0. The van der Waals surface area contributed by atoms with Crippen LogP contribution in [0.4, 0.5) is 17.2 Å². The number of nitrogens with one attached hydrogen (secondary N) is 2. The Labute approximate surface area is 348 Å². The Morgan fingerprint density at radius 1 is 1.10 bits per heavy atom. The molecule has 4 N–H and O–H groups in total. The first-order chi connectivity index (χ1) is 29.0. The molecule has 5 aromatic rings. The Bertz CT molecular complexity index is 2510. The van der Waals surface area contributed by atoms with E-state index in [1.807, 2.05) is 31.3 Å². The number of ether oxygens (including phenoxy) is 1. The molecule has 0 spiro atoms. The van der Waals surface area contributed by atoms with Crippen molar-refractivity contribution in [3.05, 3.63) is 65.7 Å². The van der Waals surface area contributed by atoms with Crippen LogP contribution in [0.5, 0.6) is 5.75 Å². The summed E-state index contributed by atoms with van der Waals surface area (Å²) < 4.78 is 9.13. The van der Waals surface area contributed by atoms with E-state index in [2.05, 4.69) is 64.9 Å². The highest BCUT2D eigenvalue weighted by atomic mass is 16.5. The van der Waals surface area contributed by atoms with Crippen LogP contribution >= 0.6 is 0 Å². The van der Waals surface area contributed by atoms with Crippen LogP contribution in [-0.4, -0.2) is 96.8 Å². The molecule has 3 aliphatic rings. The molecule has 4 aromatic heterocycles. The SMILES string of the molecule is COc1cc([C@@]2(C)CCC(=O)NC2=O)ccc1N1CCN(CCC2CCC(c3cn(-c4cnc(-n5ncc6cc(C#N)c(N)nc65)cc4N[C@H](C)C#N)nn3)CC2)C[C@@H]1C. The summed E-state index contributed by atoms with van der Waals surface area (Å²) in [6.07, 6.45) is 11.6. The van der Waals surface area contributed by atoms with E-state index in [-0.39, 0.29) is 29.2 Å². The summed E-state index contributed by atoms with van der Waals surface area (Å²) in [7, 11) is 1.67. The minimum absolute atomic E-state index is 0.110. The third-order valence-corrected chi connectivity index (χ3v) is 12.7. The van der Waals surface area contributed by atoms with Gasteiger partial charge in [-0.05, 0) is 95.5 Å². The smallest absolute Gasteiger partial charge is 0.236 e. The van der Waals surface area contributed by atoms with Crippen molar-refractivity contribution in [1.82, 2.24) is 45.0 Å². The topological polar surface area (TPSA) is 222 Å². The Hall–Kier alpha value is -6.59. The Morgan fingerprint density at radius 3 is 2.65 bits per heavy atom. The summed E-state index contributed by atoms with van der Waals surface area (Å²) in [5.74, 6) is 1.80. The monoisotopic (exact) mass is 810 g/mol. The largest absolute Gasteiger partial charge is 0.495 e. The summed E-state index contributed by atoms with van der Waals surface area (Å²) in [6.45, 7) is 9.79. The molecular formula is C43H50N14O3. The molecule has 6 heterocycles. The zero-order valence-corrected chi connectivity index (χ0v) is 34.4. The van der Waals surface area contributed by atoms with Crippen LogP contribution < -0.4 is 26.0 Å². The van der Waals surface area contributed by atoms with Crippen LogP contribution in [-0.2, 0) is 15.0 Å². The molecule has 60 heavy (non-hydrogen) atoms. The number of hydrogen-bond acceptors (Lipinski definition) is 14. The number of methoxy groups -OCH3 is 1. The first-order valence-electron chi connectivity index (χ1n) is 20.6. The highest BCUT2D eigenvalue weighted by molar-refractivity contribution is 6.03. The number of nitriles is 2. The van der Waals surface area contributed by atoms with Gasteiger partial charge in [0.15, 0.2) is 11.5 Å². The molecule has 17 heteroatoms. The van der Waals surface area contributed by atoms with Gasteiger partial charge in [0.05, 0.1) is 59.8 Å². The minimum Gasteiger partial charge on any atom is -0.495 e. The van der Waals surface area contributed by atoms with Gasteiger partial charge in [0.2, 0.25) is 11.8 Å². The number of benzene rings is 1. The summed E-state index contributed by atoms with van der Waals surface area (Å²) in [5.41, 5.74) is 10.1. The first-order valence-corrected chi connectivity index (χ1v) is 20.6. The van der Waals surface area contributed by atoms with Crippen LogP contribution in [0.1, 0.15) is 88.5 Å². The number of piperidine rings is 1. The molecule has 8 rings (SSSR count). The lowest BCUT2D eigenvalue weighted by Crippen LogP contribution is -2.52. The Kier molecular flexibility index (Phi) is 11.1. The normalized spacial score (nSPS) is 22.8. The number of anilines is 3. The Morgan fingerprint density at radius 2 is 1.92 bits per heavy atom. The van der Waals surface area contributed by atoms with Crippen LogP contribution in [0.25, 0.3) is 22.5 Å². The summed E-state index contributed by atoms with van der Waals surface area (Å²) in [4.78, 5) is 38.7. The molecule has 2 aliphatic heterocycles. The molecule has 17 nitrogen and oxygen atoms in total. The second-order valence-corrected chi connectivity index (χ2v) is 16.6. The lowest BCUT2D eigenvalue weighted by molar-refractivity contribution is -0.137. The molecule has 1 aliphatic carbocycles. The number of pyridine rings is 2. The van der Waals surface area contributed by atoms with E-state index in [1.54, 1.807) is 47.9 Å². The van der Waals surface area contributed by atoms with Gasteiger partial charge in [-0.1, -0.05) is 11.3 Å². The molecule has 310 valence electrons. The van der Waals surface area contributed by atoms with Crippen LogP contribution in [0, 0.1) is 28.6 Å². The standard InChI is InChI=1S/C43H50N14O3/c1-26(20-44)49-33-19-38(57-41-31(22-48-57)17-30(21-45)40(46)51-41)47-23-36(33)56-25-34(52-53-56)29-7-5-28(6-8-29)12-14-54-15-16-55(27(2)24-54)35-10-9-32(18-37(35)60-4)43(3)13-11-39(58)50-42(43)59/h9-10,17-19,22-23,25-29H,5-8,11-16,24H2,1-4H3,(H2,46,51)(H,47,49)(H,50,58,59)/t26-,27+,28?,29?,43-/m1/s1. The summed E-state index contributed by atoms with van der Waals surface area (Å²) in [6, 6.07) is 13.6. The van der Waals surface area contributed by atoms with Crippen molar-refractivity contribution in [3.8, 4) is 29.4 Å². The fraction of sp³-hybridized carbons (Fsp3) is 0.465. The van der Waals surface area contributed by atoms with Gasteiger partial charge in [0.1, 0.15) is 29.4 Å². The minimum atomic E-state index is -0.771. The number of nitrogens with zero attached hydrogens (tertiary/aromatic N) is 11. The second kappa shape index (κ2) is 16.6. The van der Waals surface area contributed by atoms with Crippen molar-refractivity contribution >= 4 is 40.0 Å². The maximum atomic E-state index is 12.8.